The molecule has 5 nitrogen and oxygen atoms in total. The standard InChI is InChI=1S/C17H22N4OS/c1-3-15-16(23-20-19-15)17(22)18-13-4-6-14(7-5-13)21-10-8-12(2)9-11-21/h4-7,12H,3,8-11H2,1-2H3,(H,18,22). The molecule has 1 saturated heterocycles. The van der Waals surface area contributed by atoms with Gasteiger partial charge in [-0.25, -0.2) is 0 Å². The van der Waals surface area contributed by atoms with Gasteiger partial charge in [0.2, 0.25) is 0 Å². The molecule has 0 bridgehead atoms. The van der Waals surface area contributed by atoms with Crippen LogP contribution in [-0.4, -0.2) is 28.6 Å². The number of anilines is 2. The Bertz CT molecular complexity index is 659. The number of benzene rings is 1. The topological polar surface area (TPSA) is 58.1 Å². The maximum Gasteiger partial charge on any atom is 0.269 e. The Morgan fingerprint density at radius 3 is 2.65 bits per heavy atom. The van der Waals surface area contributed by atoms with Crippen LogP contribution in [0, 0.1) is 5.92 Å². The van der Waals surface area contributed by atoms with Gasteiger partial charge in [0, 0.05) is 24.5 Å². The summed E-state index contributed by atoms with van der Waals surface area (Å²) >= 11 is 1.15. The molecular weight excluding hydrogens is 308 g/mol. The lowest BCUT2D eigenvalue weighted by Gasteiger charge is -2.32. The molecule has 0 saturated carbocycles. The minimum Gasteiger partial charge on any atom is -0.372 e. The van der Waals surface area contributed by atoms with E-state index < -0.39 is 0 Å². The summed E-state index contributed by atoms with van der Waals surface area (Å²) in [6.07, 6.45) is 3.21. The summed E-state index contributed by atoms with van der Waals surface area (Å²) in [6, 6.07) is 8.09. The van der Waals surface area contributed by atoms with Crippen LogP contribution < -0.4 is 10.2 Å². The third kappa shape index (κ3) is 3.69. The Hall–Kier alpha value is -1.95. The number of nitrogens with one attached hydrogen (secondary N) is 1. The first-order valence-electron chi connectivity index (χ1n) is 8.15. The van der Waals surface area contributed by atoms with E-state index in [4.69, 9.17) is 0 Å². The van der Waals surface area contributed by atoms with Gasteiger partial charge in [-0.15, -0.1) is 5.10 Å². The fraction of sp³-hybridized carbons (Fsp3) is 0.471. The van der Waals surface area contributed by atoms with Crippen molar-refractivity contribution in [3.8, 4) is 0 Å². The van der Waals surface area contributed by atoms with Gasteiger partial charge in [-0.3, -0.25) is 4.79 Å². The molecule has 6 heteroatoms. The van der Waals surface area contributed by atoms with E-state index >= 15 is 0 Å². The monoisotopic (exact) mass is 330 g/mol. The molecule has 1 aromatic carbocycles. The van der Waals surface area contributed by atoms with Gasteiger partial charge in [0.05, 0.1) is 5.69 Å². The molecule has 122 valence electrons. The number of rotatable bonds is 4. The second-order valence-electron chi connectivity index (χ2n) is 6.07. The highest BCUT2D eigenvalue weighted by Crippen LogP contribution is 2.24. The highest BCUT2D eigenvalue weighted by Gasteiger charge is 2.17. The van der Waals surface area contributed by atoms with Crippen molar-refractivity contribution in [2.75, 3.05) is 23.3 Å². The summed E-state index contributed by atoms with van der Waals surface area (Å²) < 4.78 is 3.86. The number of amides is 1. The highest BCUT2D eigenvalue weighted by molar-refractivity contribution is 7.08. The van der Waals surface area contributed by atoms with E-state index in [0.717, 1.165) is 41.9 Å². The van der Waals surface area contributed by atoms with E-state index in [9.17, 15) is 4.79 Å². The minimum absolute atomic E-state index is 0.128. The normalized spacial score (nSPS) is 15.7. The Labute approximate surface area is 140 Å². The van der Waals surface area contributed by atoms with Crippen molar-refractivity contribution in [1.82, 2.24) is 9.59 Å². The number of piperidine rings is 1. The van der Waals surface area contributed by atoms with E-state index in [0.29, 0.717) is 11.3 Å². The number of carbonyl (C=O) groups is 1. The molecule has 2 aromatic rings. The van der Waals surface area contributed by atoms with Gasteiger partial charge in [-0.05, 0) is 61.0 Å². The molecule has 1 amide bonds. The molecule has 1 aliphatic rings. The lowest BCUT2D eigenvalue weighted by atomic mass is 9.99. The van der Waals surface area contributed by atoms with Crippen LogP contribution in [0.15, 0.2) is 24.3 Å². The summed E-state index contributed by atoms with van der Waals surface area (Å²) in [5.41, 5.74) is 2.79. The minimum atomic E-state index is -0.128. The Balaban J connectivity index is 1.64. The number of carbonyl (C=O) groups excluding carboxylic acids is 1. The Kier molecular flexibility index (Phi) is 4.91. The first-order valence-corrected chi connectivity index (χ1v) is 8.92. The van der Waals surface area contributed by atoms with Crippen LogP contribution in [0.2, 0.25) is 0 Å². The molecular formula is C17H22N4OS. The molecule has 2 heterocycles. The molecule has 0 atom stereocenters. The smallest absolute Gasteiger partial charge is 0.269 e. The van der Waals surface area contributed by atoms with Gasteiger partial charge in [0.15, 0.2) is 0 Å². The largest absolute Gasteiger partial charge is 0.372 e. The zero-order valence-corrected chi connectivity index (χ0v) is 14.4. The van der Waals surface area contributed by atoms with Crippen LogP contribution in [-0.2, 0) is 6.42 Å². The molecule has 0 spiro atoms. The quantitative estimate of drug-likeness (QED) is 0.931. The van der Waals surface area contributed by atoms with E-state index in [2.05, 4.69) is 38.9 Å². The maximum absolute atomic E-state index is 12.3. The van der Waals surface area contributed by atoms with E-state index in [1.54, 1.807) is 0 Å². The van der Waals surface area contributed by atoms with Crippen LogP contribution in [0.25, 0.3) is 0 Å². The van der Waals surface area contributed by atoms with Crippen molar-refractivity contribution in [3.05, 3.63) is 34.8 Å². The van der Waals surface area contributed by atoms with Crippen molar-refractivity contribution in [2.24, 2.45) is 5.92 Å². The average molecular weight is 330 g/mol. The lowest BCUT2D eigenvalue weighted by molar-refractivity contribution is 0.102. The van der Waals surface area contributed by atoms with E-state index in [1.165, 1.54) is 18.5 Å². The fourth-order valence-corrected chi connectivity index (χ4v) is 3.47. The van der Waals surface area contributed by atoms with E-state index in [1.807, 2.05) is 19.1 Å². The zero-order chi connectivity index (χ0) is 16.2. The van der Waals surface area contributed by atoms with Crippen LogP contribution in [0.1, 0.15) is 42.1 Å². The highest BCUT2D eigenvalue weighted by atomic mass is 32.1. The van der Waals surface area contributed by atoms with Crippen molar-refractivity contribution in [2.45, 2.75) is 33.1 Å². The molecule has 3 rings (SSSR count). The summed E-state index contributed by atoms with van der Waals surface area (Å²) in [7, 11) is 0. The fourth-order valence-electron chi connectivity index (χ4n) is 2.82. The Morgan fingerprint density at radius 2 is 2.00 bits per heavy atom. The van der Waals surface area contributed by atoms with Crippen molar-refractivity contribution in [1.29, 1.82) is 0 Å². The number of aryl methyl sites for hydroxylation is 1. The maximum atomic E-state index is 12.3. The van der Waals surface area contributed by atoms with Crippen molar-refractivity contribution >= 4 is 28.8 Å². The number of hydrogen-bond acceptors (Lipinski definition) is 5. The van der Waals surface area contributed by atoms with Gasteiger partial charge in [-0.2, -0.15) is 0 Å². The third-order valence-corrected chi connectivity index (χ3v) is 5.14. The molecule has 1 N–H and O–H groups in total. The van der Waals surface area contributed by atoms with E-state index in [-0.39, 0.29) is 5.91 Å². The van der Waals surface area contributed by atoms with Crippen LogP contribution >= 0.6 is 11.5 Å². The molecule has 0 radical (unpaired) electrons. The first kappa shape index (κ1) is 15.9. The molecule has 1 fully saturated rings. The Morgan fingerprint density at radius 1 is 1.30 bits per heavy atom. The lowest BCUT2D eigenvalue weighted by Crippen LogP contribution is -2.32. The van der Waals surface area contributed by atoms with Crippen LogP contribution in [0.4, 0.5) is 11.4 Å². The summed E-state index contributed by atoms with van der Waals surface area (Å²) in [4.78, 5) is 15.3. The van der Waals surface area contributed by atoms with Gasteiger partial charge in [0.25, 0.3) is 5.91 Å². The number of hydrogen-bond donors (Lipinski definition) is 1. The predicted octanol–water partition coefficient (Wildman–Crippen LogP) is 3.59. The number of aromatic nitrogens is 2. The second-order valence-corrected chi connectivity index (χ2v) is 6.83. The van der Waals surface area contributed by atoms with Crippen molar-refractivity contribution in [3.63, 3.8) is 0 Å². The van der Waals surface area contributed by atoms with Crippen LogP contribution in [0.3, 0.4) is 0 Å². The summed E-state index contributed by atoms with van der Waals surface area (Å²) in [6.45, 7) is 6.51. The van der Waals surface area contributed by atoms with Gasteiger partial charge in [0.1, 0.15) is 4.88 Å². The van der Waals surface area contributed by atoms with Crippen molar-refractivity contribution < 1.29 is 4.79 Å². The second kappa shape index (κ2) is 7.08. The molecule has 0 aliphatic carbocycles. The summed E-state index contributed by atoms with van der Waals surface area (Å²) in [5, 5.41) is 6.91. The predicted molar refractivity (Wildman–Crippen MR) is 94.3 cm³/mol. The first-order chi connectivity index (χ1) is 11.2. The number of nitrogens with zero attached hydrogens (tertiary/aromatic N) is 3. The van der Waals surface area contributed by atoms with Gasteiger partial charge >= 0.3 is 0 Å². The molecule has 23 heavy (non-hydrogen) atoms. The van der Waals surface area contributed by atoms with Gasteiger partial charge in [-0.1, -0.05) is 18.3 Å². The summed E-state index contributed by atoms with van der Waals surface area (Å²) in [5.74, 6) is 0.696. The third-order valence-electron chi connectivity index (χ3n) is 4.37. The molecule has 1 aromatic heterocycles. The van der Waals surface area contributed by atoms with Gasteiger partial charge < -0.3 is 10.2 Å². The van der Waals surface area contributed by atoms with Crippen LogP contribution in [0.5, 0.6) is 0 Å². The zero-order valence-electron chi connectivity index (χ0n) is 13.6. The SMILES string of the molecule is CCc1nnsc1C(=O)Nc1ccc(N2CCC(C)CC2)cc1. The molecule has 1 aliphatic heterocycles. The molecule has 0 unspecified atom stereocenters. The average Bonchev–Trinajstić information content (AvgIpc) is 3.05.